The molecule has 2 rings (SSSR count). The van der Waals surface area contributed by atoms with E-state index in [9.17, 15) is 18.7 Å². The maximum atomic E-state index is 13.5. The molecule has 0 fully saturated rings. The minimum absolute atomic E-state index is 0.0731. The summed E-state index contributed by atoms with van der Waals surface area (Å²) >= 11 is 0. The van der Waals surface area contributed by atoms with Crippen molar-refractivity contribution in [1.29, 1.82) is 0 Å². The summed E-state index contributed by atoms with van der Waals surface area (Å²) in [5.41, 5.74) is 0.280. The highest BCUT2D eigenvalue weighted by molar-refractivity contribution is 5.78. The van der Waals surface area contributed by atoms with Crippen LogP contribution in [0.25, 0.3) is 0 Å². The molecule has 0 aromatic heterocycles. The third-order valence-corrected chi connectivity index (χ3v) is 3.32. The molecule has 0 radical (unpaired) electrons. The van der Waals surface area contributed by atoms with E-state index in [0.717, 1.165) is 17.7 Å². The molecular formula is C17H17F2NO3. The van der Waals surface area contributed by atoms with Gasteiger partial charge in [0, 0.05) is 6.54 Å². The molecule has 2 aromatic rings. The van der Waals surface area contributed by atoms with Gasteiger partial charge < -0.3 is 15.2 Å². The molecular weight excluding hydrogens is 304 g/mol. The summed E-state index contributed by atoms with van der Waals surface area (Å²) in [5, 5.41) is 12.3. The van der Waals surface area contributed by atoms with Crippen LogP contribution in [0.1, 0.15) is 17.2 Å². The fraction of sp³-hybridized carbons (Fsp3) is 0.235. The maximum absolute atomic E-state index is 13.5. The van der Waals surface area contributed by atoms with Crippen LogP contribution in [-0.2, 0) is 11.2 Å². The molecule has 0 aliphatic carbocycles. The van der Waals surface area contributed by atoms with Gasteiger partial charge in [-0.1, -0.05) is 18.2 Å². The molecule has 1 unspecified atom stereocenters. The Labute approximate surface area is 132 Å². The van der Waals surface area contributed by atoms with Gasteiger partial charge in [0.25, 0.3) is 0 Å². The van der Waals surface area contributed by atoms with E-state index >= 15 is 0 Å². The molecule has 1 amide bonds. The number of hydrogen-bond acceptors (Lipinski definition) is 3. The van der Waals surface area contributed by atoms with Crippen molar-refractivity contribution in [2.45, 2.75) is 12.5 Å². The first-order chi connectivity index (χ1) is 11.0. The van der Waals surface area contributed by atoms with Crippen LogP contribution in [0.4, 0.5) is 8.78 Å². The van der Waals surface area contributed by atoms with Gasteiger partial charge in [0.1, 0.15) is 23.5 Å². The van der Waals surface area contributed by atoms with Gasteiger partial charge in [-0.15, -0.1) is 0 Å². The molecule has 0 bridgehead atoms. The standard InChI is InChI=1S/C17H17F2NO3/c1-23-12-5-2-4-11(8-12)9-16(22)20-10-15(21)17-13(18)6-3-7-14(17)19/h2-8,15,21H,9-10H2,1H3,(H,20,22). The first kappa shape index (κ1) is 16.9. The van der Waals surface area contributed by atoms with Gasteiger partial charge in [0.15, 0.2) is 0 Å². The van der Waals surface area contributed by atoms with Gasteiger partial charge in [-0.05, 0) is 29.8 Å². The van der Waals surface area contributed by atoms with E-state index in [0.29, 0.717) is 5.75 Å². The van der Waals surface area contributed by atoms with Crippen molar-refractivity contribution < 1.29 is 23.4 Å². The van der Waals surface area contributed by atoms with Gasteiger partial charge in [0.2, 0.25) is 5.91 Å². The first-order valence-electron chi connectivity index (χ1n) is 7.03. The highest BCUT2D eigenvalue weighted by Crippen LogP contribution is 2.20. The third kappa shape index (κ3) is 4.50. The molecule has 0 heterocycles. The van der Waals surface area contributed by atoms with Crippen molar-refractivity contribution >= 4 is 5.91 Å². The van der Waals surface area contributed by atoms with Crippen LogP contribution in [0, 0.1) is 11.6 Å². The highest BCUT2D eigenvalue weighted by atomic mass is 19.1. The van der Waals surface area contributed by atoms with Gasteiger partial charge in [-0.3, -0.25) is 4.79 Å². The Morgan fingerprint density at radius 2 is 1.87 bits per heavy atom. The van der Waals surface area contributed by atoms with E-state index in [1.807, 2.05) is 0 Å². The average molecular weight is 321 g/mol. The summed E-state index contributed by atoms with van der Waals surface area (Å²) in [6, 6.07) is 10.3. The molecule has 0 saturated heterocycles. The van der Waals surface area contributed by atoms with Gasteiger partial charge >= 0.3 is 0 Å². The van der Waals surface area contributed by atoms with E-state index in [1.54, 1.807) is 24.3 Å². The summed E-state index contributed by atoms with van der Waals surface area (Å²) in [5.74, 6) is -1.43. The zero-order valence-corrected chi connectivity index (χ0v) is 12.6. The molecule has 0 aliphatic heterocycles. The van der Waals surface area contributed by atoms with E-state index in [-0.39, 0.29) is 18.9 Å². The molecule has 6 heteroatoms. The number of amides is 1. The number of aliphatic hydroxyl groups excluding tert-OH is 1. The quantitative estimate of drug-likeness (QED) is 0.859. The Morgan fingerprint density at radius 1 is 1.22 bits per heavy atom. The SMILES string of the molecule is COc1cccc(CC(=O)NCC(O)c2c(F)cccc2F)c1. The summed E-state index contributed by atoms with van der Waals surface area (Å²) in [6.07, 6.45) is -1.38. The summed E-state index contributed by atoms with van der Waals surface area (Å²) in [6.45, 7) is -0.277. The fourth-order valence-electron chi connectivity index (χ4n) is 2.17. The Bertz CT molecular complexity index is 671. The van der Waals surface area contributed by atoms with Gasteiger partial charge in [0.05, 0.1) is 19.1 Å². The number of halogens is 2. The zero-order chi connectivity index (χ0) is 16.8. The molecule has 1 atom stereocenters. The number of carbonyl (C=O) groups is 1. The van der Waals surface area contributed by atoms with Crippen molar-refractivity contribution in [2.24, 2.45) is 0 Å². The topological polar surface area (TPSA) is 58.6 Å². The number of aliphatic hydroxyl groups is 1. The molecule has 0 spiro atoms. The number of carbonyl (C=O) groups excluding carboxylic acids is 1. The van der Waals surface area contributed by atoms with Crippen LogP contribution in [0.5, 0.6) is 5.75 Å². The van der Waals surface area contributed by atoms with E-state index in [1.165, 1.54) is 13.2 Å². The normalized spacial score (nSPS) is 11.8. The predicted molar refractivity (Wildman–Crippen MR) is 81.0 cm³/mol. The van der Waals surface area contributed by atoms with Crippen molar-refractivity contribution in [3.8, 4) is 5.75 Å². The second-order valence-electron chi connectivity index (χ2n) is 4.98. The molecule has 4 nitrogen and oxygen atoms in total. The van der Waals surface area contributed by atoms with Crippen LogP contribution in [0.3, 0.4) is 0 Å². The lowest BCUT2D eigenvalue weighted by molar-refractivity contribution is -0.120. The largest absolute Gasteiger partial charge is 0.497 e. The Balaban J connectivity index is 1.93. The number of ether oxygens (including phenoxy) is 1. The van der Waals surface area contributed by atoms with Crippen LogP contribution < -0.4 is 10.1 Å². The van der Waals surface area contributed by atoms with Crippen molar-refractivity contribution in [3.63, 3.8) is 0 Å². The Morgan fingerprint density at radius 3 is 2.52 bits per heavy atom. The monoisotopic (exact) mass is 321 g/mol. The minimum atomic E-state index is -1.45. The van der Waals surface area contributed by atoms with Gasteiger partial charge in [-0.2, -0.15) is 0 Å². The van der Waals surface area contributed by atoms with E-state index in [2.05, 4.69) is 5.32 Å². The number of nitrogens with one attached hydrogen (secondary N) is 1. The fourth-order valence-corrected chi connectivity index (χ4v) is 2.17. The lowest BCUT2D eigenvalue weighted by Crippen LogP contribution is -2.30. The summed E-state index contributed by atoms with van der Waals surface area (Å²) in [7, 11) is 1.53. The van der Waals surface area contributed by atoms with Crippen molar-refractivity contribution in [1.82, 2.24) is 5.32 Å². The molecule has 122 valence electrons. The first-order valence-corrected chi connectivity index (χ1v) is 7.03. The van der Waals surface area contributed by atoms with E-state index < -0.39 is 23.3 Å². The second kappa shape index (κ2) is 7.69. The molecule has 2 aromatic carbocycles. The maximum Gasteiger partial charge on any atom is 0.224 e. The second-order valence-corrected chi connectivity index (χ2v) is 4.98. The predicted octanol–water partition coefficient (Wildman–Crippen LogP) is 2.37. The molecule has 0 aliphatic rings. The minimum Gasteiger partial charge on any atom is -0.497 e. The van der Waals surface area contributed by atoms with Gasteiger partial charge in [-0.25, -0.2) is 8.78 Å². The van der Waals surface area contributed by atoms with Crippen LogP contribution >= 0.6 is 0 Å². The zero-order valence-electron chi connectivity index (χ0n) is 12.6. The number of hydrogen-bond donors (Lipinski definition) is 2. The lowest BCUT2D eigenvalue weighted by atomic mass is 10.1. The highest BCUT2D eigenvalue weighted by Gasteiger charge is 2.18. The number of benzene rings is 2. The number of methoxy groups -OCH3 is 1. The van der Waals surface area contributed by atoms with Crippen LogP contribution in [0.2, 0.25) is 0 Å². The van der Waals surface area contributed by atoms with E-state index in [4.69, 9.17) is 4.74 Å². The average Bonchev–Trinajstić information content (AvgIpc) is 2.53. The Hall–Kier alpha value is -2.47. The lowest BCUT2D eigenvalue weighted by Gasteiger charge is -2.14. The molecule has 2 N–H and O–H groups in total. The Kier molecular flexibility index (Phi) is 5.65. The smallest absolute Gasteiger partial charge is 0.224 e. The van der Waals surface area contributed by atoms with Crippen LogP contribution in [-0.4, -0.2) is 24.7 Å². The van der Waals surface area contributed by atoms with Crippen molar-refractivity contribution in [3.05, 3.63) is 65.2 Å². The summed E-state index contributed by atoms with van der Waals surface area (Å²) < 4.78 is 32.1. The molecule has 23 heavy (non-hydrogen) atoms. The van der Waals surface area contributed by atoms with Crippen LogP contribution in [0.15, 0.2) is 42.5 Å². The third-order valence-electron chi connectivity index (χ3n) is 3.32. The summed E-state index contributed by atoms with van der Waals surface area (Å²) in [4.78, 5) is 11.9. The molecule has 0 saturated carbocycles. The number of rotatable bonds is 6. The van der Waals surface area contributed by atoms with Crippen molar-refractivity contribution in [2.75, 3.05) is 13.7 Å².